The largest absolute Gasteiger partial charge is 0.311 e. The van der Waals surface area contributed by atoms with E-state index in [1.54, 1.807) is 6.92 Å². The summed E-state index contributed by atoms with van der Waals surface area (Å²) in [5, 5.41) is 0.687. The summed E-state index contributed by atoms with van der Waals surface area (Å²) in [6, 6.07) is 12.8. The molecule has 118 valence electrons. The average Bonchev–Trinajstić information content (AvgIpc) is 2.83. The van der Waals surface area contributed by atoms with Crippen LogP contribution in [0.3, 0.4) is 0 Å². The fourth-order valence-corrected chi connectivity index (χ4v) is 4.53. The van der Waals surface area contributed by atoms with E-state index in [1.807, 2.05) is 17.0 Å². The minimum atomic E-state index is -0.0782. The number of hydrogen-bond donors (Lipinski definition) is 0. The van der Waals surface area contributed by atoms with Crippen LogP contribution < -0.4 is 4.90 Å². The van der Waals surface area contributed by atoms with E-state index in [9.17, 15) is 4.79 Å². The Hall–Kier alpha value is -1.80. The molecule has 0 fully saturated rings. The molecular weight excluding hydrogens is 306 g/mol. The van der Waals surface area contributed by atoms with E-state index in [2.05, 4.69) is 31.2 Å². The standard InChI is InChI=1S/C20H20ClNO/c1-13-5-6-15-4-3-9-20(18(15)10-13)12-22(14(2)23)19-11-16(21)7-8-17(19)20/h5-8,10-11H,3-4,9,12H2,1-2H3/t20-/m0/s1. The summed E-state index contributed by atoms with van der Waals surface area (Å²) in [5.74, 6) is 0.0881. The summed E-state index contributed by atoms with van der Waals surface area (Å²) in [6.45, 7) is 4.52. The molecule has 1 amide bonds. The van der Waals surface area contributed by atoms with Crippen molar-refractivity contribution in [2.24, 2.45) is 0 Å². The molecule has 0 bridgehead atoms. The molecule has 2 aromatic carbocycles. The molecule has 4 rings (SSSR count). The highest BCUT2D eigenvalue weighted by Gasteiger charge is 2.47. The van der Waals surface area contributed by atoms with Crippen molar-refractivity contribution in [1.29, 1.82) is 0 Å². The third-order valence-corrected chi connectivity index (χ3v) is 5.64. The molecule has 1 aliphatic carbocycles. The van der Waals surface area contributed by atoms with Gasteiger partial charge in [0.2, 0.25) is 5.91 Å². The molecule has 0 unspecified atom stereocenters. The number of carbonyl (C=O) groups excluding carboxylic acids is 1. The molecule has 2 nitrogen and oxygen atoms in total. The van der Waals surface area contributed by atoms with Gasteiger partial charge in [-0.1, -0.05) is 41.4 Å². The summed E-state index contributed by atoms with van der Waals surface area (Å²) in [5.41, 5.74) is 6.26. The van der Waals surface area contributed by atoms with Crippen LogP contribution in [-0.2, 0) is 16.6 Å². The van der Waals surface area contributed by atoms with Gasteiger partial charge in [-0.2, -0.15) is 0 Å². The Balaban J connectivity index is 1.98. The van der Waals surface area contributed by atoms with Crippen molar-refractivity contribution in [2.75, 3.05) is 11.4 Å². The van der Waals surface area contributed by atoms with Crippen molar-refractivity contribution in [2.45, 2.75) is 38.5 Å². The van der Waals surface area contributed by atoms with E-state index in [0.29, 0.717) is 5.02 Å². The summed E-state index contributed by atoms with van der Waals surface area (Å²) in [6.07, 6.45) is 3.37. The highest BCUT2D eigenvalue weighted by Crippen LogP contribution is 2.51. The molecule has 1 heterocycles. The first-order valence-electron chi connectivity index (χ1n) is 8.19. The number of aryl methyl sites for hydroxylation is 2. The van der Waals surface area contributed by atoms with E-state index in [1.165, 1.54) is 22.3 Å². The second-order valence-corrected chi connectivity index (χ2v) is 7.30. The van der Waals surface area contributed by atoms with Gasteiger partial charge >= 0.3 is 0 Å². The Morgan fingerprint density at radius 2 is 2.00 bits per heavy atom. The van der Waals surface area contributed by atoms with Crippen molar-refractivity contribution in [3.05, 3.63) is 63.7 Å². The van der Waals surface area contributed by atoms with Crippen LogP contribution in [0.15, 0.2) is 36.4 Å². The van der Waals surface area contributed by atoms with Crippen LogP contribution >= 0.6 is 11.6 Å². The number of halogens is 1. The summed E-state index contributed by atoms with van der Waals surface area (Å²) in [4.78, 5) is 14.1. The topological polar surface area (TPSA) is 20.3 Å². The van der Waals surface area contributed by atoms with Crippen LogP contribution in [0.25, 0.3) is 0 Å². The molecule has 1 atom stereocenters. The third-order valence-electron chi connectivity index (χ3n) is 5.40. The average molecular weight is 326 g/mol. The van der Waals surface area contributed by atoms with Crippen molar-refractivity contribution < 1.29 is 4.79 Å². The fraction of sp³-hybridized carbons (Fsp3) is 0.350. The summed E-state index contributed by atoms with van der Waals surface area (Å²) in [7, 11) is 0. The van der Waals surface area contributed by atoms with Crippen LogP contribution in [0.1, 0.15) is 42.0 Å². The molecule has 3 heteroatoms. The molecule has 0 aromatic heterocycles. The molecule has 0 saturated carbocycles. The monoisotopic (exact) mass is 325 g/mol. The van der Waals surface area contributed by atoms with Gasteiger partial charge < -0.3 is 4.90 Å². The Bertz CT molecular complexity index is 813. The first kappa shape index (κ1) is 14.8. The van der Waals surface area contributed by atoms with Crippen LogP contribution in [0.2, 0.25) is 5.02 Å². The van der Waals surface area contributed by atoms with E-state index in [4.69, 9.17) is 11.6 Å². The third kappa shape index (κ3) is 2.12. The van der Waals surface area contributed by atoms with Crippen molar-refractivity contribution in [3.63, 3.8) is 0 Å². The Morgan fingerprint density at radius 3 is 2.78 bits per heavy atom. The maximum atomic E-state index is 12.2. The van der Waals surface area contributed by atoms with E-state index in [0.717, 1.165) is 31.5 Å². The number of rotatable bonds is 0. The minimum Gasteiger partial charge on any atom is -0.311 e. The molecular formula is C20H20ClNO. The zero-order valence-corrected chi connectivity index (χ0v) is 14.3. The van der Waals surface area contributed by atoms with Gasteiger partial charge in [0.1, 0.15) is 0 Å². The van der Waals surface area contributed by atoms with Gasteiger partial charge in [0.15, 0.2) is 0 Å². The van der Waals surface area contributed by atoms with Gasteiger partial charge in [-0.15, -0.1) is 0 Å². The quantitative estimate of drug-likeness (QED) is 0.691. The van der Waals surface area contributed by atoms with Crippen molar-refractivity contribution >= 4 is 23.2 Å². The second-order valence-electron chi connectivity index (χ2n) is 6.86. The Kier molecular flexibility index (Phi) is 3.28. The van der Waals surface area contributed by atoms with Gasteiger partial charge in [-0.25, -0.2) is 0 Å². The highest BCUT2D eigenvalue weighted by molar-refractivity contribution is 6.31. The Labute approximate surface area is 142 Å². The summed E-state index contributed by atoms with van der Waals surface area (Å²) < 4.78 is 0. The molecule has 2 aliphatic rings. The first-order valence-corrected chi connectivity index (χ1v) is 8.57. The van der Waals surface area contributed by atoms with Gasteiger partial charge in [0.25, 0.3) is 0 Å². The normalized spacial score (nSPS) is 22.1. The Morgan fingerprint density at radius 1 is 1.17 bits per heavy atom. The zero-order valence-electron chi connectivity index (χ0n) is 13.5. The number of carbonyl (C=O) groups is 1. The lowest BCUT2D eigenvalue weighted by Gasteiger charge is -2.37. The van der Waals surface area contributed by atoms with Gasteiger partial charge in [0.05, 0.1) is 0 Å². The van der Waals surface area contributed by atoms with E-state index < -0.39 is 0 Å². The molecule has 0 saturated heterocycles. The van der Waals surface area contributed by atoms with Crippen molar-refractivity contribution in [3.8, 4) is 0 Å². The molecule has 0 N–H and O–H groups in total. The number of benzene rings is 2. The predicted molar refractivity (Wildman–Crippen MR) is 94.4 cm³/mol. The molecule has 23 heavy (non-hydrogen) atoms. The molecule has 0 radical (unpaired) electrons. The number of anilines is 1. The highest BCUT2D eigenvalue weighted by atomic mass is 35.5. The smallest absolute Gasteiger partial charge is 0.223 e. The van der Waals surface area contributed by atoms with Crippen molar-refractivity contribution in [1.82, 2.24) is 0 Å². The van der Waals surface area contributed by atoms with E-state index >= 15 is 0 Å². The summed E-state index contributed by atoms with van der Waals surface area (Å²) >= 11 is 6.21. The number of nitrogens with zero attached hydrogens (tertiary/aromatic N) is 1. The van der Waals surface area contributed by atoms with Crippen LogP contribution in [0.5, 0.6) is 0 Å². The SMILES string of the molecule is CC(=O)N1C[C@@]2(CCCc3ccc(C)cc32)c2ccc(Cl)cc21. The number of hydrogen-bond acceptors (Lipinski definition) is 1. The molecule has 1 spiro atoms. The maximum Gasteiger partial charge on any atom is 0.223 e. The van der Waals surface area contributed by atoms with E-state index in [-0.39, 0.29) is 11.3 Å². The lowest BCUT2D eigenvalue weighted by molar-refractivity contribution is -0.116. The van der Waals surface area contributed by atoms with Gasteiger partial charge in [-0.05, 0) is 55.0 Å². The zero-order chi connectivity index (χ0) is 16.2. The van der Waals surface area contributed by atoms with Crippen LogP contribution in [0, 0.1) is 6.92 Å². The van der Waals surface area contributed by atoms with Crippen LogP contribution in [0.4, 0.5) is 5.69 Å². The number of fused-ring (bicyclic) bond motifs is 4. The predicted octanol–water partition coefficient (Wildman–Crippen LogP) is 4.64. The van der Waals surface area contributed by atoms with Gasteiger partial charge in [0, 0.05) is 29.6 Å². The minimum absolute atomic E-state index is 0.0782. The first-order chi connectivity index (χ1) is 11.0. The molecule has 1 aliphatic heterocycles. The lowest BCUT2D eigenvalue weighted by atomic mass is 9.67. The maximum absolute atomic E-state index is 12.2. The van der Waals surface area contributed by atoms with Gasteiger partial charge in [-0.3, -0.25) is 4.79 Å². The van der Waals surface area contributed by atoms with Crippen LogP contribution in [-0.4, -0.2) is 12.5 Å². The second kappa shape index (κ2) is 5.10. The number of amides is 1. The fourth-order valence-electron chi connectivity index (χ4n) is 4.37. The lowest BCUT2D eigenvalue weighted by Crippen LogP contribution is -2.39. The molecule has 2 aromatic rings.